The molecule has 102 valence electrons. The van der Waals surface area contributed by atoms with Gasteiger partial charge in [-0.25, -0.2) is 9.97 Å². The van der Waals surface area contributed by atoms with E-state index >= 15 is 0 Å². The van der Waals surface area contributed by atoms with Crippen LogP contribution in [0.4, 0.5) is 11.5 Å². The van der Waals surface area contributed by atoms with Crippen LogP contribution in [-0.4, -0.2) is 15.0 Å². The summed E-state index contributed by atoms with van der Waals surface area (Å²) in [4.78, 5) is 12.6. The first-order valence-electron chi connectivity index (χ1n) is 5.61. The molecule has 0 amide bonds. The largest absolute Gasteiger partial charge is 0.395 e. The van der Waals surface area contributed by atoms with Crippen molar-refractivity contribution in [2.24, 2.45) is 0 Å². The molecule has 0 saturated heterocycles. The van der Waals surface area contributed by atoms with Gasteiger partial charge in [0, 0.05) is 46.9 Å². The Morgan fingerprint density at radius 3 is 2.55 bits per heavy atom. The minimum Gasteiger partial charge on any atom is -0.395 e. The fraction of sp³-hybridized carbons (Fsp3) is 0. The highest BCUT2D eigenvalue weighted by atomic mass is 35.5. The molecule has 0 saturated carbocycles. The lowest BCUT2D eigenvalue weighted by atomic mass is 10.0. The number of anilines is 2. The summed E-state index contributed by atoms with van der Waals surface area (Å²) >= 11 is 1.51. The van der Waals surface area contributed by atoms with Gasteiger partial charge in [-0.2, -0.15) is 0 Å². The van der Waals surface area contributed by atoms with E-state index in [1.165, 1.54) is 11.3 Å². The summed E-state index contributed by atoms with van der Waals surface area (Å²) in [6.07, 6.45) is 6.94. The molecule has 0 aliphatic heterocycles. The first-order chi connectivity index (χ1) is 9.27. The molecule has 3 aromatic heterocycles. The lowest BCUT2D eigenvalue weighted by Crippen LogP contribution is -2.02. The van der Waals surface area contributed by atoms with Gasteiger partial charge in [0.2, 0.25) is 0 Å². The molecule has 0 fully saturated rings. The first-order valence-corrected chi connectivity index (χ1v) is 6.49. The number of halogens is 1. The molecule has 0 unspecified atom stereocenters. The fourth-order valence-electron chi connectivity index (χ4n) is 1.86. The standard InChI is InChI=1S/C13H11N5S.ClH/c14-11-10(13-17-4-5-19-13)9(7-18-12(11)15)8-2-1-3-16-6-8;/h1-7H,14H2,(H2,15,18);1H. The van der Waals surface area contributed by atoms with Crippen LogP contribution in [-0.2, 0) is 0 Å². The average Bonchev–Trinajstić information content (AvgIpc) is 2.96. The number of nitrogen functional groups attached to an aromatic ring is 2. The molecule has 3 aromatic rings. The van der Waals surface area contributed by atoms with Gasteiger partial charge in [0.1, 0.15) is 10.8 Å². The number of pyridine rings is 2. The molecule has 5 nitrogen and oxygen atoms in total. The van der Waals surface area contributed by atoms with E-state index in [0.29, 0.717) is 11.5 Å². The van der Waals surface area contributed by atoms with Crippen LogP contribution in [0.1, 0.15) is 0 Å². The number of hydrogen-bond acceptors (Lipinski definition) is 6. The second-order valence-corrected chi connectivity index (χ2v) is 4.82. The normalized spacial score (nSPS) is 10.0. The third-order valence-corrected chi connectivity index (χ3v) is 3.56. The Kier molecular flexibility index (Phi) is 4.16. The number of nitrogens with zero attached hydrogens (tertiary/aromatic N) is 3. The van der Waals surface area contributed by atoms with Crippen molar-refractivity contribution in [3.63, 3.8) is 0 Å². The van der Waals surface area contributed by atoms with Gasteiger partial charge in [-0.15, -0.1) is 23.7 Å². The Labute approximate surface area is 126 Å². The Balaban J connectivity index is 0.00000147. The third kappa shape index (κ3) is 2.43. The van der Waals surface area contributed by atoms with Gasteiger partial charge >= 0.3 is 0 Å². The van der Waals surface area contributed by atoms with Gasteiger partial charge < -0.3 is 11.5 Å². The van der Waals surface area contributed by atoms with Crippen molar-refractivity contribution in [1.82, 2.24) is 15.0 Å². The molecule has 20 heavy (non-hydrogen) atoms. The molecule has 0 bridgehead atoms. The molecule has 3 heterocycles. The van der Waals surface area contributed by atoms with Crippen LogP contribution in [0.2, 0.25) is 0 Å². The molecule has 0 aliphatic rings. The Bertz CT molecular complexity index is 700. The smallest absolute Gasteiger partial charge is 0.147 e. The monoisotopic (exact) mass is 305 g/mol. The lowest BCUT2D eigenvalue weighted by molar-refractivity contribution is 1.30. The SMILES string of the molecule is Cl.Nc1ncc(-c2cccnc2)c(-c2nccs2)c1N. The van der Waals surface area contributed by atoms with E-state index in [9.17, 15) is 0 Å². The highest BCUT2D eigenvalue weighted by Crippen LogP contribution is 2.38. The molecule has 0 radical (unpaired) electrons. The van der Waals surface area contributed by atoms with E-state index in [-0.39, 0.29) is 12.4 Å². The topological polar surface area (TPSA) is 90.7 Å². The average molecular weight is 306 g/mol. The van der Waals surface area contributed by atoms with E-state index in [1.807, 2.05) is 17.5 Å². The predicted octanol–water partition coefficient (Wildman–Crippen LogP) is 2.85. The zero-order valence-electron chi connectivity index (χ0n) is 10.4. The van der Waals surface area contributed by atoms with Crippen LogP contribution >= 0.6 is 23.7 Å². The zero-order valence-corrected chi connectivity index (χ0v) is 12.0. The van der Waals surface area contributed by atoms with Crippen molar-refractivity contribution in [2.75, 3.05) is 11.5 Å². The van der Waals surface area contributed by atoms with Gasteiger partial charge in [0.25, 0.3) is 0 Å². The van der Waals surface area contributed by atoms with Gasteiger partial charge in [0.05, 0.1) is 5.69 Å². The number of hydrogen-bond donors (Lipinski definition) is 2. The summed E-state index contributed by atoms with van der Waals surface area (Å²) in [5, 5.41) is 2.73. The molecule has 3 rings (SSSR count). The summed E-state index contributed by atoms with van der Waals surface area (Å²) < 4.78 is 0. The van der Waals surface area contributed by atoms with E-state index < -0.39 is 0 Å². The molecule has 0 aromatic carbocycles. The maximum atomic E-state index is 6.07. The molecular formula is C13H12ClN5S. The van der Waals surface area contributed by atoms with Crippen molar-refractivity contribution < 1.29 is 0 Å². The quantitative estimate of drug-likeness (QED) is 0.759. The van der Waals surface area contributed by atoms with Gasteiger partial charge in [-0.1, -0.05) is 6.07 Å². The van der Waals surface area contributed by atoms with Crippen molar-refractivity contribution in [3.8, 4) is 21.7 Å². The molecule has 7 heteroatoms. The summed E-state index contributed by atoms with van der Waals surface area (Å²) in [6, 6.07) is 3.82. The number of rotatable bonds is 2. The highest BCUT2D eigenvalue weighted by molar-refractivity contribution is 7.13. The third-order valence-electron chi connectivity index (χ3n) is 2.77. The summed E-state index contributed by atoms with van der Waals surface area (Å²) in [6.45, 7) is 0. The van der Waals surface area contributed by atoms with Crippen LogP contribution in [0.5, 0.6) is 0 Å². The van der Waals surface area contributed by atoms with E-state index in [1.54, 1.807) is 24.8 Å². The Morgan fingerprint density at radius 1 is 1.05 bits per heavy atom. The van der Waals surface area contributed by atoms with E-state index in [0.717, 1.165) is 21.7 Å². The van der Waals surface area contributed by atoms with Gasteiger partial charge in [0.15, 0.2) is 0 Å². The second kappa shape index (κ2) is 5.85. The van der Waals surface area contributed by atoms with Crippen molar-refractivity contribution in [3.05, 3.63) is 42.3 Å². The number of nitrogens with two attached hydrogens (primary N) is 2. The molecule has 0 aliphatic carbocycles. The molecular weight excluding hydrogens is 294 g/mol. The Morgan fingerprint density at radius 2 is 1.90 bits per heavy atom. The molecule has 0 atom stereocenters. The summed E-state index contributed by atoms with van der Waals surface area (Å²) in [5.41, 5.74) is 15.0. The second-order valence-electron chi connectivity index (χ2n) is 3.92. The summed E-state index contributed by atoms with van der Waals surface area (Å²) in [5.74, 6) is 0.317. The number of aromatic nitrogens is 3. The number of thiazole rings is 1. The van der Waals surface area contributed by atoms with Crippen molar-refractivity contribution in [1.29, 1.82) is 0 Å². The summed E-state index contributed by atoms with van der Waals surface area (Å²) in [7, 11) is 0. The molecule has 4 N–H and O–H groups in total. The maximum absolute atomic E-state index is 6.07. The lowest BCUT2D eigenvalue weighted by Gasteiger charge is -2.11. The minimum absolute atomic E-state index is 0. The molecule has 0 spiro atoms. The van der Waals surface area contributed by atoms with Crippen LogP contribution in [0.3, 0.4) is 0 Å². The van der Waals surface area contributed by atoms with E-state index in [4.69, 9.17) is 11.5 Å². The zero-order chi connectivity index (χ0) is 13.2. The van der Waals surface area contributed by atoms with Crippen LogP contribution in [0.25, 0.3) is 21.7 Å². The Hall–Kier alpha value is -2.18. The van der Waals surface area contributed by atoms with Crippen LogP contribution in [0, 0.1) is 0 Å². The maximum Gasteiger partial charge on any atom is 0.147 e. The highest BCUT2D eigenvalue weighted by Gasteiger charge is 2.16. The van der Waals surface area contributed by atoms with Crippen molar-refractivity contribution >= 4 is 35.2 Å². The predicted molar refractivity (Wildman–Crippen MR) is 84.6 cm³/mol. The van der Waals surface area contributed by atoms with Crippen LogP contribution in [0.15, 0.2) is 42.3 Å². The van der Waals surface area contributed by atoms with Gasteiger partial charge in [-0.3, -0.25) is 4.98 Å². The van der Waals surface area contributed by atoms with Gasteiger partial charge in [-0.05, 0) is 6.07 Å². The van der Waals surface area contributed by atoms with E-state index in [2.05, 4.69) is 15.0 Å². The fourth-order valence-corrected chi connectivity index (χ4v) is 2.57. The first kappa shape index (κ1) is 14.2. The minimum atomic E-state index is 0. The van der Waals surface area contributed by atoms with Crippen LogP contribution < -0.4 is 11.5 Å². The van der Waals surface area contributed by atoms with Crippen molar-refractivity contribution in [2.45, 2.75) is 0 Å².